The van der Waals surface area contributed by atoms with Gasteiger partial charge in [-0.3, -0.25) is 0 Å². The molecule has 0 aliphatic carbocycles. The van der Waals surface area contributed by atoms with E-state index in [0.717, 1.165) is 5.56 Å². The second-order valence-electron chi connectivity index (χ2n) is 3.96. The fraction of sp³-hybridized carbons (Fsp3) is 0.500. The summed E-state index contributed by atoms with van der Waals surface area (Å²) in [4.78, 5) is 0. The largest absolute Gasteiger partial charge is 0.482 e. The number of alkyl halides is 3. The van der Waals surface area contributed by atoms with E-state index >= 15 is 0 Å². The highest BCUT2D eigenvalue weighted by atomic mass is 79.9. The molecule has 0 aromatic heterocycles. The van der Waals surface area contributed by atoms with Crippen LogP contribution >= 0.6 is 31.9 Å². The van der Waals surface area contributed by atoms with Crippen LogP contribution in [0.15, 0.2) is 21.1 Å². The molecule has 114 valence electrons. The molecular weight excluding hydrogens is 407 g/mol. The number of nitrogens with one attached hydrogen (secondary N) is 1. The van der Waals surface area contributed by atoms with E-state index in [4.69, 9.17) is 9.47 Å². The summed E-state index contributed by atoms with van der Waals surface area (Å²) in [5.41, 5.74) is 0.916. The zero-order valence-electron chi connectivity index (χ0n) is 10.7. The Bertz CT molecular complexity index is 418. The third-order valence-electron chi connectivity index (χ3n) is 2.25. The molecule has 0 atom stereocenters. The minimum Gasteiger partial charge on any atom is -0.482 e. The van der Waals surface area contributed by atoms with Gasteiger partial charge in [0.2, 0.25) is 0 Å². The second kappa shape index (κ2) is 8.21. The smallest absolute Gasteiger partial charge is 0.422 e. The van der Waals surface area contributed by atoms with E-state index in [-0.39, 0.29) is 5.75 Å². The number of methoxy groups -OCH3 is 1. The summed E-state index contributed by atoms with van der Waals surface area (Å²) in [7, 11) is 1.61. The average molecular weight is 421 g/mol. The van der Waals surface area contributed by atoms with Gasteiger partial charge < -0.3 is 14.8 Å². The maximum Gasteiger partial charge on any atom is 0.422 e. The summed E-state index contributed by atoms with van der Waals surface area (Å²) in [5, 5.41) is 3.15. The van der Waals surface area contributed by atoms with E-state index in [0.29, 0.717) is 28.6 Å². The van der Waals surface area contributed by atoms with Crippen molar-refractivity contribution in [1.82, 2.24) is 5.32 Å². The van der Waals surface area contributed by atoms with E-state index in [1.807, 2.05) is 0 Å². The molecule has 0 heterocycles. The Morgan fingerprint density at radius 3 is 2.30 bits per heavy atom. The lowest BCUT2D eigenvalue weighted by Gasteiger charge is -2.14. The third kappa shape index (κ3) is 6.43. The minimum absolute atomic E-state index is 0.142. The summed E-state index contributed by atoms with van der Waals surface area (Å²) in [6.07, 6.45) is -4.36. The molecule has 8 heteroatoms. The lowest BCUT2D eigenvalue weighted by Crippen LogP contribution is -2.20. The summed E-state index contributed by atoms with van der Waals surface area (Å²) in [5.74, 6) is 0.142. The van der Waals surface area contributed by atoms with Crippen LogP contribution < -0.4 is 10.1 Å². The summed E-state index contributed by atoms with van der Waals surface area (Å²) in [6, 6.07) is 3.44. The molecular formula is C12H14Br2F3NO2. The lowest BCUT2D eigenvalue weighted by atomic mass is 10.2. The Morgan fingerprint density at radius 2 is 1.80 bits per heavy atom. The van der Waals surface area contributed by atoms with Crippen molar-refractivity contribution >= 4 is 31.9 Å². The van der Waals surface area contributed by atoms with Crippen LogP contribution in [0.2, 0.25) is 0 Å². The van der Waals surface area contributed by atoms with E-state index in [9.17, 15) is 13.2 Å². The van der Waals surface area contributed by atoms with Crippen LogP contribution in [-0.2, 0) is 11.3 Å². The van der Waals surface area contributed by atoms with Crippen LogP contribution in [0.3, 0.4) is 0 Å². The quantitative estimate of drug-likeness (QED) is 0.679. The number of rotatable bonds is 7. The van der Waals surface area contributed by atoms with Crippen LogP contribution in [-0.4, -0.2) is 33.0 Å². The van der Waals surface area contributed by atoms with Gasteiger partial charge >= 0.3 is 6.18 Å². The first kappa shape index (κ1) is 17.7. The van der Waals surface area contributed by atoms with Crippen molar-refractivity contribution in [2.75, 3.05) is 26.9 Å². The van der Waals surface area contributed by atoms with Crippen molar-refractivity contribution in [3.63, 3.8) is 0 Å². The molecule has 0 bridgehead atoms. The molecule has 0 radical (unpaired) electrons. The SMILES string of the molecule is COCCNCc1cc(Br)c(OCC(F)(F)F)c(Br)c1. The Kier molecular flexibility index (Phi) is 7.28. The molecule has 0 unspecified atom stereocenters. The summed E-state index contributed by atoms with van der Waals surface area (Å²) >= 11 is 6.43. The number of halogens is 5. The normalized spacial score (nSPS) is 11.7. The summed E-state index contributed by atoms with van der Waals surface area (Å²) in [6.45, 7) is 0.545. The first-order valence-electron chi connectivity index (χ1n) is 5.70. The molecule has 0 spiro atoms. The van der Waals surface area contributed by atoms with Crippen LogP contribution in [0, 0.1) is 0 Å². The zero-order valence-corrected chi connectivity index (χ0v) is 13.9. The number of hydrogen-bond donors (Lipinski definition) is 1. The standard InChI is InChI=1S/C12H14Br2F3NO2/c1-19-3-2-18-6-8-4-9(13)11(10(14)5-8)20-7-12(15,16)17/h4-5,18H,2-3,6-7H2,1H3. The fourth-order valence-corrected chi connectivity index (χ4v) is 2.92. The molecule has 0 saturated carbocycles. The third-order valence-corrected chi connectivity index (χ3v) is 3.43. The summed E-state index contributed by atoms with van der Waals surface area (Å²) < 4.78 is 47.1. The molecule has 1 aromatic carbocycles. The zero-order chi connectivity index (χ0) is 15.2. The second-order valence-corrected chi connectivity index (χ2v) is 5.67. The highest BCUT2D eigenvalue weighted by Gasteiger charge is 2.29. The number of benzene rings is 1. The minimum atomic E-state index is -4.36. The van der Waals surface area contributed by atoms with Gasteiger partial charge in [0.15, 0.2) is 6.61 Å². The van der Waals surface area contributed by atoms with E-state index in [1.54, 1.807) is 19.2 Å². The van der Waals surface area contributed by atoms with Gasteiger partial charge in [0, 0.05) is 20.2 Å². The molecule has 1 N–H and O–H groups in total. The molecule has 0 fully saturated rings. The Hall–Kier alpha value is -0.310. The van der Waals surface area contributed by atoms with Gasteiger partial charge in [-0.1, -0.05) is 0 Å². The molecule has 0 aliphatic heterocycles. The maximum atomic E-state index is 12.1. The van der Waals surface area contributed by atoms with Crippen molar-refractivity contribution in [3.8, 4) is 5.75 Å². The first-order valence-corrected chi connectivity index (χ1v) is 7.29. The van der Waals surface area contributed by atoms with Crippen LogP contribution in [0.25, 0.3) is 0 Å². The van der Waals surface area contributed by atoms with Crippen molar-refractivity contribution in [2.24, 2.45) is 0 Å². The van der Waals surface area contributed by atoms with E-state index in [1.165, 1.54) is 0 Å². The first-order chi connectivity index (χ1) is 9.33. The molecule has 0 aliphatic rings. The van der Waals surface area contributed by atoms with Crippen molar-refractivity contribution < 1.29 is 22.6 Å². The van der Waals surface area contributed by atoms with Gasteiger partial charge in [0.05, 0.1) is 15.6 Å². The highest BCUT2D eigenvalue weighted by Crippen LogP contribution is 2.35. The highest BCUT2D eigenvalue weighted by molar-refractivity contribution is 9.11. The van der Waals surface area contributed by atoms with Crippen molar-refractivity contribution in [3.05, 3.63) is 26.6 Å². The lowest BCUT2D eigenvalue weighted by molar-refractivity contribution is -0.153. The maximum absolute atomic E-state index is 12.1. The average Bonchev–Trinajstić information content (AvgIpc) is 2.32. The Labute approximate surface area is 132 Å². The van der Waals surface area contributed by atoms with E-state index < -0.39 is 12.8 Å². The van der Waals surface area contributed by atoms with Crippen LogP contribution in [0.5, 0.6) is 5.75 Å². The predicted octanol–water partition coefficient (Wildman–Crippen LogP) is 3.89. The number of hydrogen-bond acceptors (Lipinski definition) is 3. The van der Waals surface area contributed by atoms with Crippen LogP contribution in [0.1, 0.15) is 5.56 Å². The molecule has 1 aromatic rings. The molecule has 20 heavy (non-hydrogen) atoms. The van der Waals surface area contributed by atoms with Gasteiger partial charge in [0.25, 0.3) is 0 Å². The van der Waals surface area contributed by atoms with Crippen LogP contribution in [0.4, 0.5) is 13.2 Å². The predicted molar refractivity (Wildman–Crippen MR) is 77.0 cm³/mol. The van der Waals surface area contributed by atoms with Gasteiger partial charge in [-0.15, -0.1) is 0 Å². The van der Waals surface area contributed by atoms with Crippen molar-refractivity contribution in [1.29, 1.82) is 0 Å². The Balaban J connectivity index is 2.66. The van der Waals surface area contributed by atoms with Gasteiger partial charge in [0.1, 0.15) is 5.75 Å². The Morgan fingerprint density at radius 1 is 1.20 bits per heavy atom. The van der Waals surface area contributed by atoms with E-state index in [2.05, 4.69) is 37.2 Å². The molecule has 1 rings (SSSR count). The molecule has 3 nitrogen and oxygen atoms in total. The topological polar surface area (TPSA) is 30.5 Å². The molecule has 0 amide bonds. The number of ether oxygens (including phenoxy) is 2. The molecule has 0 saturated heterocycles. The van der Waals surface area contributed by atoms with Gasteiger partial charge in [-0.25, -0.2) is 0 Å². The fourth-order valence-electron chi connectivity index (χ4n) is 1.41. The van der Waals surface area contributed by atoms with Gasteiger partial charge in [-0.05, 0) is 49.6 Å². The monoisotopic (exact) mass is 419 g/mol. The van der Waals surface area contributed by atoms with Gasteiger partial charge in [-0.2, -0.15) is 13.2 Å². The van der Waals surface area contributed by atoms with Crippen molar-refractivity contribution in [2.45, 2.75) is 12.7 Å².